The molecule has 0 aliphatic carbocycles. The Hall–Kier alpha value is -2.47. The number of carbonyl (C=O) groups excluding carboxylic acids is 1. The summed E-state index contributed by atoms with van der Waals surface area (Å²) in [6.45, 7) is 10.4. The van der Waals surface area contributed by atoms with Crippen LogP contribution in [0.3, 0.4) is 0 Å². The molecule has 0 bridgehead atoms. The van der Waals surface area contributed by atoms with Crippen LogP contribution in [0.25, 0.3) is 0 Å². The van der Waals surface area contributed by atoms with Crippen LogP contribution in [0.1, 0.15) is 36.8 Å². The van der Waals surface area contributed by atoms with Crippen LogP contribution < -0.4 is 15.5 Å². The Morgan fingerprint density at radius 1 is 1.21 bits per heavy atom. The van der Waals surface area contributed by atoms with Crippen molar-refractivity contribution in [3.63, 3.8) is 0 Å². The van der Waals surface area contributed by atoms with Gasteiger partial charge in [0.1, 0.15) is 11.5 Å². The van der Waals surface area contributed by atoms with Gasteiger partial charge in [0.05, 0.1) is 12.4 Å². The van der Waals surface area contributed by atoms with E-state index in [0.29, 0.717) is 30.1 Å². The van der Waals surface area contributed by atoms with Crippen molar-refractivity contribution in [2.75, 3.05) is 24.5 Å². The maximum absolute atomic E-state index is 12.5. The molecule has 2 aromatic rings. The lowest BCUT2D eigenvalue weighted by Gasteiger charge is -2.32. The van der Waals surface area contributed by atoms with E-state index in [1.807, 2.05) is 30.3 Å². The SMILES string of the molecule is CC(C)(C)C1NC[C@@H]2CN(c3cncc(C(=O)NCc4ccccc4)n3)C[C@@H]12. The van der Waals surface area contributed by atoms with E-state index in [1.165, 1.54) is 0 Å². The summed E-state index contributed by atoms with van der Waals surface area (Å²) in [5.74, 6) is 1.85. The Kier molecular flexibility index (Phi) is 5.06. The predicted octanol–water partition coefficient (Wildman–Crippen LogP) is 2.48. The van der Waals surface area contributed by atoms with Gasteiger partial charge in [-0.05, 0) is 22.8 Å². The number of rotatable bonds is 4. The first-order valence-corrected chi connectivity index (χ1v) is 10.0. The number of hydrogen-bond acceptors (Lipinski definition) is 5. The van der Waals surface area contributed by atoms with Crippen LogP contribution in [0.15, 0.2) is 42.7 Å². The van der Waals surface area contributed by atoms with Crippen LogP contribution in [0.4, 0.5) is 5.82 Å². The van der Waals surface area contributed by atoms with Gasteiger partial charge >= 0.3 is 0 Å². The average Bonchev–Trinajstić information content (AvgIpc) is 3.27. The van der Waals surface area contributed by atoms with Gasteiger partial charge in [-0.3, -0.25) is 9.78 Å². The number of aromatic nitrogens is 2. The van der Waals surface area contributed by atoms with Crippen molar-refractivity contribution in [1.82, 2.24) is 20.6 Å². The highest BCUT2D eigenvalue weighted by atomic mass is 16.1. The van der Waals surface area contributed by atoms with Crippen molar-refractivity contribution in [2.45, 2.75) is 33.4 Å². The molecule has 4 rings (SSSR count). The lowest BCUT2D eigenvalue weighted by atomic mass is 9.78. The number of nitrogens with zero attached hydrogens (tertiary/aromatic N) is 3. The van der Waals surface area contributed by atoms with E-state index in [-0.39, 0.29) is 11.3 Å². The number of anilines is 1. The number of fused-ring (bicyclic) bond motifs is 1. The second-order valence-corrected chi connectivity index (χ2v) is 9.01. The van der Waals surface area contributed by atoms with Crippen LogP contribution in [-0.2, 0) is 6.54 Å². The largest absolute Gasteiger partial charge is 0.355 e. The molecule has 2 aliphatic rings. The third-order valence-corrected chi connectivity index (χ3v) is 5.93. The van der Waals surface area contributed by atoms with E-state index in [4.69, 9.17) is 0 Å². The van der Waals surface area contributed by atoms with E-state index >= 15 is 0 Å². The maximum atomic E-state index is 12.5. The topological polar surface area (TPSA) is 70.2 Å². The fourth-order valence-electron chi connectivity index (χ4n) is 4.54. The van der Waals surface area contributed by atoms with E-state index < -0.39 is 0 Å². The number of nitrogens with one attached hydrogen (secondary N) is 2. The maximum Gasteiger partial charge on any atom is 0.271 e. The van der Waals surface area contributed by atoms with Crippen LogP contribution in [0.2, 0.25) is 0 Å². The monoisotopic (exact) mass is 379 g/mol. The normalized spacial score (nSPS) is 24.2. The second-order valence-electron chi connectivity index (χ2n) is 9.01. The molecule has 2 saturated heterocycles. The van der Waals surface area contributed by atoms with Gasteiger partial charge in [-0.1, -0.05) is 51.1 Å². The quantitative estimate of drug-likeness (QED) is 0.854. The van der Waals surface area contributed by atoms with E-state index in [1.54, 1.807) is 12.4 Å². The lowest BCUT2D eigenvalue weighted by Crippen LogP contribution is -2.42. The third-order valence-electron chi connectivity index (χ3n) is 5.93. The number of amides is 1. The molecule has 28 heavy (non-hydrogen) atoms. The molecule has 1 aromatic heterocycles. The van der Waals surface area contributed by atoms with Gasteiger partial charge in [-0.2, -0.15) is 0 Å². The minimum Gasteiger partial charge on any atom is -0.355 e. The van der Waals surface area contributed by atoms with Crippen LogP contribution >= 0.6 is 0 Å². The Labute approximate surface area is 166 Å². The van der Waals surface area contributed by atoms with E-state index in [2.05, 4.69) is 46.3 Å². The highest BCUT2D eigenvalue weighted by Crippen LogP contribution is 2.39. The van der Waals surface area contributed by atoms with Crippen molar-refractivity contribution in [3.8, 4) is 0 Å². The molecule has 1 unspecified atom stereocenters. The van der Waals surface area contributed by atoms with Crippen molar-refractivity contribution < 1.29 is 4.79 Å². The predicted molar refractivity (Wildman–Crippen MR) is 110 cm³/mol. The fraction of sp³-hybridized carbons (Fsp3) is 0.500. The Morgan fingerprint density at radius 2 is 2.00 bits per heavy atom. The van der Waals surface area contributed by atoms with E-state index in [0.717, 1.165) is 31.0 Å². The zero-order valence-electron chi connectivity index (χ0n) is 16.9. The Bertz CT molecular complexity index is 832. The van der Waals surface area contributed by atoms with Crippen molar-refractivity contribution >= 4 is 11.7 Å². The summed E-state index contributed by atoms with van der Waals surface area (Å²) in [6.07, 6.45) is 3.31. The second kappa shape index (κ2) is 7.51. The fourth-order valence-corrected chi connectivity index (χ4v) is 4.54. The standard InChI is InChI=1S/C22H29N5O/c1-22(2,3)20-17-14-27(13-16(17)10-24-20)19-12-23-11-18(26-19)21(28)25-9-15-7-5-4-6-8-15/h4-8,11-12,16-17,20,24H,9-10,13-14H2,1-3H3,(H,25,28)/t16-,17-,20?/m1/s1. The zero-order valence-corrected chi connectivity index (χ0v) is 16.9. The van der Waals surface area contributed by atoms with Gasteiger partial charge in [0.2, 0.25) is 0 Å². The molecule has 0 radical (unpaired) electrons. The molecule has 2 N–H and O–H groups in total. The van der Waals surface area contributed by atoms with Gasteiger partial charge in [0, 0.05) is 32.2 Å². The lowest BCUT2D eigenvalue weighted by molar-refractivity contribution is 0.0945. The summed E-state index contributed by atoms with van der Waals surface area (Å²) in [6, 6.07) is 10.4. The first kappa shape index (κ1) is 18.9. The molecule has 2 fully saturated rings. The highest BCUT2D eigenvalue weighted by molar-refractivity contribution is 5.92. The Balaban J connectivity index is 1.42. The van der Waals surface area contributed by atoms with Crippen LogP contribution in [0, 0.1) is 17.3 Å². The smallest absolute Gasteiger partial charge is 0.271 e. The van der Waals surface area contributed by atoms with Gasteiger partial charge < -0.3 is 15.5 Å². The molecule has 0 spiro atoms. The zero-order chi connectivity index (χ0) is 19.7. The molecule has 6 heteroatoms. The van der Waals surface area contributed by atoms with Gasteiger partial charge in [0.15, 0.2) is 0 Å². The first-order valence-electron chi connectivity index (χ1n) is 10.0. The molecule has 3 atom stereocenters. The third kappa shape index (κ3) is 3.87. The number of hydrogen-bond donors (Lipinski definition) is 2. The summed E-state index contributed by atoms with van der Waals surface area (Å²) >= 11 is 0. The summed E-state index contributed by atoms with van der Waals surface area (Å²) < 4.78 is 0. The molecular weight excluding hydrogens is 350 g/mol. The van der Waals surface area contributed by atoms with Crippen molar-refractivity contribution in [3.05, 3.63) is 54.0 Å². The highest BCUT2D eigenvalue weighted by Gasteiger charge is 2.47. The molecule has 2 aliphatic heterocycles. The van der Waals surface area contributed by atoms with Gasteiger partial charge in [-0.25, -0.2) is 4.98 Å². The Morgan fingerprint density at radius 3 is 2.75 bits per heavy atom. The summed E-state index contributed by atoms with van der Waals surface area (Å²) in [5, 5.41) is 6.64. The summed E-state index contributed by atoms with van der Waals surface area (Å²) in [4.78, 5) is 23.7. The molecule has 148 valence electrons. The van der Waals surface area contributed by atoms with Crippen molar-refractivity contribution in [2.24, 2.45) is 17.3 Å². The molecule has 1 aromatic carbocycles. The minimum absolute atomic E-state index is 0.188. The van der Waals surface area contributed by atoms with Gasteiger partial charge in [-0.15, -0.1) is 0 Å². The van der Waals surface area contributed by atoms with Crippen LogP contribution in [0.5, 0.6) is 0 Å². The molecule has 1 amide bonds. The minimum atomic E-state index is -0.188. The molecule has 3 heterocycles. The first-order chi connectivity index (χ1) is 13.4. The molecular formula is C22H29N5O. The van der Waals surface area contributed by atoms with Crippen LogP contribution in [-0.4, -0.2) is 41.6 Å². The van der Waals surface area contributed by atoms with Gasteiger partial charge in [0.25, 0.3) is 5.91 Å². The summed E-state index contributed by atoms with van der Waals surface area (Å²) in [7, 11) is 0. The summed E-state index contributed by atoms with van der Waals surface area (Å²) in [5.41, 5.74) is 1.67. The number of carbonyl (C=O) groups is 1. The number of benzene rings is 1. The average molecular weight is 380 g/mol. The van der Waals surface area contributed by atoms with Crippen molar-refractivity contribution in [1.29, 1.82) is 0 Å². The molecule has 0 saturated carbocycles. The van der Waals surface area contributed by atoms with E-state index in [9.17, 15) is 4.79 Å². The molecule has 6 nitrogen and oxygen atoms in total.